The average molecular weight is 339 g/mol. The van der Waals surface area contributed by atoms with Crippen molar-refractivity contribution < 1.29 is 0 Å². The van der Waals surface area contributed by atoms with Crippen LogP contribution in [0.2, 0.25) is 0 Å². The second-order valence-electron chi connectivity index (χ2n) is 6.63. The van der Waals surface area contributed by atoms with Crippen molar-refractivity contribution >= 4 is 42.4 Å². The summed E-state index contributed by atoms with van der Waals surface area (Å²) in [6, 6.07) is 23.7. The van der Waals surface area contributed by atoms with Gasteiger partial charge in [-0.25, -0.2) is 4.98 Å². The summed E-state index contributed by atoms with van der Waals surface area (Å²) in [5, 5.41) is 3.88. The van der Waals surface area contributed by atoms with Gasteiger partial charge in [0.1, 0.15) is 0 Å². The topological polar surface area (TPSA) is 12.9 Å². The van der Waals surface area contributed by atoms with E-state index in [0.717, 1.165) is 11.2 Å². The number of hydrogen-bond acceptors (Lipinski definition) is 2. The molecule has 5 rings (SSSR count). The number of benzene rings is 3. The molecule has 120 valence electrons. The normalized spacial score (nSPS) is 11.6. The van der Waals surface area contributed by atoms with Crippen LogP contribution in [-0.2, 0) is 0 Å². The van der Waals surface area contributed by atoms with Crippen molar-refractivity contribution in [3.05, 3.63) is 77.9 Å². The maximum absolute atomic E-state index is 4.91. The number of nitrogens with zero attached hydrogens (tertiary/aromatic N) is 1. The van der Waals surface area contributed by atoms with Crippen LogP contribution >= 0.6 is 11.3 Å². The van der Waals surface area contributed by atoms with Gasteiger partial charge >= 0.3 is 0 Å². The summed E-state index contributed by atoms with van der Waals surface area (Å²) in [6.45, 7) is 4.38. The number of aromatic nitrogens is 1. The third-order valence-corrected chi connectivity index (χ3v) is 6.19. The standard InChI is InChI=1S/C23H17NS/c1-14-12-15(2)22-19(13-14)17-7-5-8-18(23(17)25-22)21-11-10-16-6-3-4-9-20(16)24-21/h3-13H,1-2H3. The van der Waals surface area contributed by atoms with Gasteiger partial charge in [-0.2, -0.15) is 0 Å². The second kappa shape index (κ2) is 5.40. The van der Waals surface area contributed by atoms with Crippen molar-refractivity contribution in [1.29, 1.82) is 0 Å². The molecule has 0 spiro atoms. The summed E-state index contributed by atoms with van der Waals surface area (Å²) in [5.41, 5.74) is 5.99. The van der Waals surface area contributed by atoms with E-state index in [4.69, 9.17) is 4.98 Å². The molecule has 0 atom stereocenters. The molecule has 5 aromatic rings. The zero-order valence-electron chi connectivity index (χ0n) is 14.2. The van der Waals surface area contributed by atoms with Crippen LogP contribution in [0, 0.1) is 13.8 Å². The van der Waals surface area contributed by atoms with E-state index in [1.807, 2.05) is 17.4 Å². The van der Waals surface area contributed by atoms with Gasteiger partial charge in [-0.3, -0.25) is 0 Å². The summed E-state index contributed by atoms with van der Waals surface area (Å²) in [7, 11) is 0. The predicted molar refractivity (Wildman–Crippen MR) is 110 cm³/mol. The highest BCUT2D eigenvalue weighted by Crippen LogP contribution is 2.41. The fourth-order valence-corrected chi connectivity index (χ4v) is 4.94. The number of para-hydroxylation sites is 1. The minimum atomic E-state index is 1.05. The van der Waals surface area contributed by atoms with Gasteiger partial charge in [0.2, 0.25) is 0 Å². The first-order chi connectivity index (χ1) is 12.2. The predicted octanol–water partition coefficient (Wildman–Crippen LogP) is 6.89. The van der Waals surface area contributed by atoms with Crippen LogP contribution in [0.25, 0.3) is 42.3 Å². The smallest absolute Gasteiger partial charge is 0.0724 e. The van der Waals surface area contributed by atoms with Crippen molar-refractivity contribution in [2.75, 3.05) is 0 Å². The first kappa shape index (κ1) is 14.6. The highest BCUT2D eigenvalue weighted by atomic mass is 32.1. The van der Waals surface area contributed by atoms with Gasteiger partial charge in [0.25, 0.3) is 0 Å². The van der Waals surface area contributed by atoms with Crippen LogP contribution in [0.3, 0.4) is 0 Å². The van der Waals surface area contributed by atoms with E-state index < -0.39 is 0 Å². The molecule has 0 saturated carbocycles. The third-order valence-electron chi connectivity index (χ3n) is 4.80. The highest BCUT2D eigenvalue weighted by molar-refractivity contribution is 7.26. The number of thiophene rings is 1. The first-order valence-corrected chi connectivity index (χ1v) is 9.31. The molecule has 2 heterocycles. The van der Waals surface area contributed by atoms with Crippen LogP contribution in [0.1, 0.15) is 11.1 Å². The molecule has 1 nitrogen and oxygen atoms in total. The van der Waals surface area contributed by atoms with E-state index in [-0.39, 0.29) is 0 Å². The molecular weight excluding hydrogens is 322 g/mol. The number of hydrogen-bond donors (Lipinski definition) is 0. The fourth-order valence-electron chi connectivity index (χ4n) is 3.67. The average Bonchev–Trinajstić information content (AvgIpc) is 3.00. The Labute approximate surface area is 150 Å². The molecule has 0 bridgehead atoms. The van der Waals surface area contributed by atoms with Crippen LogP contribution in [0.5, 0.6) is 0 Å². The number of aryl methyl sites for hydroxylation is 2. The number of fused-ring (bicyclic) bond motifs is 4. The molecule has 2 heteroatoms. The van der Waals surface area contributed by atoms with Crippen LogP contribution in [0.4, 0.5) is 0 Å². The van der Waals surface area contributed by atoms with Crippen LogP contribution in [0.15, 0.2) is 66.7 Å². The lowest BCUT2D eigenvalue weighted by atomic mass is 10.0. The Morgan fingerprint density at radius 1 is 0.760 bits per heavy atom. The van der Waals surface area contributed by atoms with Crippen molar-refractivity contribution in [3.63, 3.8) is 0 Å². The molecule has 0 amide bonds. The van der Waals surface area contributed by atoms with E-state index in [1.54, 1.807) is 0 Å². The molecule has 0 unspecified atom stereocenters. The van der Waals surface area contributed by atoms with E-state index in [0.29, 0.717) is 0 Å². The van der Waals surface area contributed by atoms with Gasteiger partial charge in [-0.05, 0) is 37.6 Å². The quantitative estimate of drug-likeness (QED) is 0.324. The number of pyridine rings is 1. The molecule has 0 N–H and O–H groups in total. The van der Waals surface area contributed by atoms with E-state index in [1.165, 1.54) is 42.2 Å². The summed E-state index contributed by atoms with van der Waals surface area (Å²) in [5.74, 6) is 0. The van der Waals surface area contributed by atoms with E-state index in [9.17, 15) is 0 Å². The largest absolute Gasteiger partial charge is 0.248 e. The van der Waals surface area contributed by atoms with Crippen LogP contribution in [-0.4, -0.2) is 4.98 Å². The minimum Gasteiger partial charge on any atom is -0.248 e. The molecule has 25 heavy (non-hydrogen) atoms. The Balaban J connectivity index is 1.85. The molecule has 0 radical (unpaired) electrons. The van der Waals surface area contributed by atoms with Gasteiger partial charge in [0.15, 0.2) is 0 Å². The van der Waals surface area contributed by atoms with E-state index in [2.05, 4.69) is 74.5 Å². The molecule has 3 aromatic carbocycles. The Bertz CT molecular complexity index is 1260. The second-order valence-corrected chi connectivity index (χ2v) is 7.65. The zero-order chi connectivity index (χ0) is 17.0. The van der Waals surface area contributed by atoms with Crippen molar-refractivity contribution in [2.24, 2.45) is 0 Å². The van der Waals surface area contributed by atoms with Gasteiger partial charge in [-0.1, -0.05) is 54.1 Å². The van der Waals surface area contributed by atoms with Crippen molar-refractivity contribution in [2.45, 2.75) is 13.8 Å². The molecule has 0 saturated heterocycles. The SMILES string of the molecule is Cc1cc(C)c2sc3c(-c4ccc5ccccc5n4)cccc3c2c1. The monoisotopic (exact) mass is 339 g/mol. The summed E-state index contributed by atoms with van der Waals surface area (Å²) < 4.78 is 2.71. The highest BCUT2D eigenvalue weighted by Gasteiger charge is 2.13. The Kier molecular flexibility index (Phi) is 3.16. The fraction of sp³-hybridized carbons (Fsp3) is 0.0870. The Hall–Kier alpha value is -2.71. The van der Waals surface area contributed by atoms with Gasteiger partial charge in [-0.15, -0.1) is 11.3 Å². The summed E-state index contributed by atoms with van der Waals surface area (Å²) in [6.07, 6.45) is 0. The molecule has 2 aromatic heterocycles. The maximum Gasteiger partial charge on any atom is 0.0724 e. The van der Waals surface area contributed by atoms with Crippen molar-refractivity contribution in [3.8, 4) is 11.3 Å². The van der Waals surface area contributed by atoms with Gasteiger partial charge < -0.3 is 0 Å². The lowest BCUT2D eigenvalue weighted by Crippen LogP contribution is -1.85. The van der Waals surface area contributed by atoms with Crippen LogP contribution < -0.4 is 0 Å². The first-order valence-electron chi connectivity index (χ1n) is 8.49. The lowest BCUT2D eigenvalue weighted by molar-refractivity contribution is 1.41. The molecule has 0 aliphatic heterocycles. The Morgan fingerprint density at radius 2 is 1.64 bits per heavy atom. The molecule has 0 fully saturated rings. The molecular formula is C23H17NS. The molecule has 0 aliphatic carbocycles. The molecule has 0 aliphatic rings. The van der Waals surface area contributed by atoms with Crippen molar-refractivity contribution in [1.82, 2.24) is 4.98 Å². The third kappa shape index (κ3) is 2.25. The summed E-state index contributed by atoms with van der Waals surface area (Å²) >= 11 is 1.88. The zero-order valence-corrected chi connectivity index (χ0v) is 15.0. The van der Waals surface area contributed by atoms with E-state index >= 15 is 0 Å². The van der Waals surface area contributed by atoms with Gasteiger partial charge in [0, 0.05) is 31.1 Å². The minimum absolute atomic E-state index is 1.05. The Morgan fingerprint density at radius 3 is 2.56 bits per heavy atom. The maximum atomic E-state index is 4.91. The van der Waals surface area contributed by atoms with Gasteiger partial charge in [0.05, 0.1) is 11.2 Å². The lowest BCUT2D eigenvalue weighted by Gasteiger charge is -2.05. The number of rotatable bonds is 1. The summed E-state index contributed by atoms with van der Waals surface area (Å²) in [4.78, 5) is 4.91.